The average Bonchev–Trinajstić information content (AvgIpc) is 2.89. The first kappa shape index (κ1) is 14.7. The Labute approximate surface area is 135 Å². The second-order valence-electron chi connectivity index (χ2n) is 5.37. The van der Waals surface area contributed by atoms with Gasteiger partial charge in [0.15, 0.2) is 0 Å². The minimum absolute atomic E-state index is 0.220. The maximum Gasteiger partial charge on any atom is 0.319 e. The van der Waals surface area contributed by atoms with Gasteiger partial charge in [0.25, 0.3) is 0 Å². The fourth-order valence-corrected chi connectivity index (χ4v) is 2.90. The van der Waals surface area contributed by atoms with Crippen molar-refractivity contribution in [3.63, 3.8) is 0 Å². The van der Waals surface area contributed by atoms with Crippen LogP contribution in [0.15, 0.2) is 42.5 Å². The Kier molecular flexibility index (Phi) is 4.20. The molecule has 2 N–H and O–H groups in total. The molecule has 0 saturated carbocycles. The van der Waals surface area contributed by atoms with Crippen molar-refractivity contribution in [2.24, 2.45) is 0 Å². The molecule has 1 heterocycles. The number of hydrogen-bond acceptors (Lipinski definition) is 2. The molecule has 1 aliphatic heterocycles. The lowest BCUT2D eigenvalue weighted by Gasteiger charge is -2.14. The summed E-state index contributed by atoms with van der Waals surface area (Å²) >= 11 is 6.08. The number of fused-ring (bicyclic) bond motifs is 1. The van der Waals surface area contributed by atoms with Crippen molar-refractivity contribution < 1.29 is 4.79 Å². The Morgan fingerprint density at radius 3 is 2.86 bits per heavy atom. The Morgan fingerprint density at radius 2 is 2.05 bits per heavy atom. The van der Waals surface area contributed by atoms with Crippen LogP contribution in [0.25, 0.3) is 0 Å². The summed E-state index contributed by atoms with van der Waals surface area (Å²) in [5.74, 6) is 0. The van der Waals surface area contributed by atoms with Gasteiger partial charge in [-0.25, -0.2) is 4.79 Å². The quantitative estimate of drug-likeness (QED) is 0.908. The van der Waals surface area contributed by atoms with Gasteiger partial charge in [-0.1, -0.05) is 35.9 Å². The normalized spacial score (nSPS) is 12.9. The van der Waals surface area contributed by atoms with Crippen LogP contribution in [0, 0.1) is 0 Å². The van der Waals surface area contributed by atoms with Crippen LogP contribution in [0.5, 0.6) is 0 Å². The van der Waals surface area contributed by atoms with Gasteiger partial charge in [0.05, 0.1) is 0 Å². The number of benzene rings is 2. The van der Waals surface area contributed by atoms with Gasteiger partial charge in [-0.15, -0.1) is 0 Å². The monoisotopic (exact) mass is 315 g/mol. The molecule has 0 bridgehead atoms. The molecule has 1 aliphatic rings. The summed E-state index contributed by atoms with van der Waals surface area (Å²) in [6, 6.07) is 13.2. The summed E-state index contributed by atoms with van der Waals surface area (Å²) in [6.07, 6.45) is 0.951. The van der Waals surface area contributed by atoms with E-state index in [9.17, 15) is 4.79 Å². The second-order valence-corrected chi connectivity index (χ2v) is 5.78. The molecule has 0 spiro atoms. The van der Waals surface area contributed by atoms with Crippen molar-refractivity contribution >= 4 is 29.0 Å². The van der Waals surface area contributed by atoms with E-state index in [-0.39, 0.29) is 6.03 Å². The van der Waals surface area contributed by atoms with Gasteiger partial charge in [0, 0.05) is 42.1 Å². The summed E-state index contributed by atoms with van der Waals surface area (Å²) in [5, 5.41) is 6.43. The minimum atomic E-state index is -0.220. The molecular weight excluding hydrogens is 298 g/mol. The van der Waals surface area contributed by atoms with Gasteiger partial charge in [0.2, 0.25) is 0 Å². The van der Waals surface area contributed by atoms with Crippen molar-refractivity contribution in [1.82, 2.24) is 5.32 Å². The maximum atomic E-state index is 12.1. The lowest BCUT2D eigenvalue weighted by Crippen LogP contribution is -2.28. The SMILES string of the molecule is CN1CCc2c(NC(=O)NCc3ccccc3Cl)cccc21. The minimum Gasteiger partial charge on any atom is -0.374 e. The van der Waals surface area contributed by atoms with Gasteiger partial charge in [-0.3, -0.25) is 0 Å². The molecule has 0 aromatic heterocycles. The molecule has 114 valence electrons. The van der Waals surface area contributed by atoms with Gasteiger partial charge < -0.3 is 15.5 Å². The molecule has 22 heavy (non-hydrogen) atoms. The molecule has 0 atom stereocenters. The molecule has 2 amide bonds. The van der Waals surface area contributed by atoms with E-state index >= 15 is 0 Å². The molecule has 0 fully saturated rings. The predicted octanol–water partition coefficient (Wildman–Crippen LogP) is 3.65. The zero-order valence-electron chi connectivity index (χ0n) is 12.4. The lowest BCUT2D eigenvalue weighted by atomic mass is 10.1. The second kappa shape index (κ2) is 6.28. The molecule has 0 aliphatic carbocycles. The predicted molar refractivity (Wildman–Crippen MR) is 90.7 cm³/mol. The van der Waals surface area contributed by atoms with Gasteiger partial charge in [-0.05, 0) is 30.2 Å². The number of carbonyl (C=O) groups excluding carboxylic acids is 1. The van der Waals surface area contributed by atoms with Crippen molar-refractivity contribution in [2.45, 2.75) is 13.0 Å². The summed E-state index contributed by atoms with van der Waals surface area (Å²) in [6.45, 7) is 1.38. The molecule has 3 rings (SSSR count). The van der Waals surface area contributed by atoms with E-state index in [4.69, 9.17) is 11.6 Å². The molecule has 0 unspecified atom stereocenters. The van der Waals surface area contributed by atoms with Crippen LogP contribution in [0.2, 0.25) is 5.02 Å². The Bertz CT molecular complexity index is 702. The van der Waals surface area contributed by atoms with Crippen molar-refractivity contribution in [2.75, 3.05) is 23.8 Å². The highest BCUT2D eigenvalue weighted by Crippen LogP contribution is 2.32. The van der Waals surface area contributed by atoms with E-state index < -0.39 is 0 Å². The highest BCUT2D eigenvalue weighted by Gasteiger charge is 2.19. The Morgan fingerprint density at radius 1 is 1.23 bits per heavy atom. The van der Waals surface area contributed by atoms with Crippen molar-refractivity contribution in [3.05, 3.63) is 58.6 Å². The van der Waals surface area contributed by atoms with Crippen molar-refractivity contribution in [1.29, 1.82) is 0 Å². The summed E-state index contributed by atoms with van der Waals surface area (Å²) in [7, 11) is 2.06. The smallest absolute Gasteiger partial charge is 0.319 e. The van der Waals surface area contributed by atoms with Crippen LogP contribution in [-0.4, -0.2) is 19.6 Å². The molecule has 2 aromatic rings. The van der Waals surface area contributed by atoms with E-state index in [0.29, 0.717) is 11.6 Å². The first-order valence-electron chi connectivity index (χ1n) is 7.26. The molecule has 2 aromatic carbocycles. The van der Waals surface area contributed by atoms with Crippen molar-refractivity contribution in [3.8, 4) is 0 Å². The number of urea groups is 1. The van der Waals surface area contributed by atoms with E-state index in [2.05, 4.69) is 28.6 Å². The topological polar surface area (TPSA) is 44.4 Å². The van der Waals surface area contributed by atoms with Gasteiger partial charge >= 0.3 is 6.03 Å². The molecule has 4 nitrogen and oxygen atoms in total. The van der Waals surface area contributed by atoms with E-state index in [0.717, 1.165) is 24.2 Å². The standard InChI is InChI=1S/C17H18ClN3O/c1-21-10-9-13-15(7-4-8-16(13)21)20-17(22)19-11-12-5-2-3-6-14(12)18/h2-8H,9-11H2,1H3,(H2,19,20,22). The number of nitrogens with one attached hydrogen (secondary N) is 2. The number of hydrogen-bond donors (Lipinski definition) is 2. The zero-order chi connectivity index (χ0) is 15.5. The number of nitrogens with zero attached hydrogens (tertiary/aromatic N) is 1. The van der Waals surface area contributed by atoms with Gasteiger partial charge in [0.1, 0.15) is 0 Å². The molecule has 0 saturated heterocycles. The zero-order valence-corrected chi connectivity index (χ0v) is 13.2. The van der Waals surface area contributed by atoms with E-state index in [1.807, 2.05) is 36.4 Å². The van der Waals surface area contributed by atoms with Crippen LogP contribution in [0.4, 0.5) is 16.2 Å². The van der Waals surface area contributed by atoms with E-state index in [1.165, 1.54) is 11.3 Å². The average molecular weight is 316 g/mol. The Hall–Kier alpha value is -2.20. The van der Waals surface area contributed by atoms with Gasteiger partial charge in [-0.2, -0.15) is 0 Å². The highest BCUT2D eigenvalue weighted by molar-refractivity contribution is 6.31. The molecule has 0 radical (unpaired) electrons. The van der Waals surface area contributed by atoms with Crippen LogP contribution >= 0.6 is 11.6 Å². The third-order valence-electron chi connectivity index (χ3n) is 3.91. The number of halogens is 1. The number of rotatable bonds is 3. The maximum absolute atomic E-state index is 12.1. The van der Waals surface area contributed by atoms with Crippen LogP contribution in [-0.2, 0) is 13.0 Å². The van der Waals surface area contributed by atoms with Crippen LogP contribution in [0.1, 0.15) is 11.1 Å². The lowest BCUT2D eigenvalue weighted by molar-refractivity contribution is 0.251. The number of anilines is 2. The number of amides is 2. The third kappa shape index (κ3) is 3.02. The number of likely N-dealkylation sites (N-methyl/N-ethyl adjacent to an activating group) is 1. The first-order valence-corrected chi connectivity index (χ1v) is 7.64. The fraction of sp³-hybridized carbons (Fsp3) is 0.235. The Balaban J connectivity index is 1.65. The largest absolute Gasteiger partial charge is 0.374 e. The number of carbonyl (C=O) groups is 1. The fourth-order valence-electron chi connectivity index (χ4n) is 2.70. The first-order chi connectivity index (χ1) is 10.6. The van der Waals surface area contributed by atoms with Crippen LogP contribution in [0.3, 0.4) is 0 Å². The summed E-state index contributed by atoms with van der Waals surface area (Å²) < 4.78 is 0. The van der Waals surface area contributed by atoms with Crippen LogP contribution < -0.4 is 15.5 Å². The molecular formula is C17H18ClN3O. The summed E-state index contributed by atoms with van der Waals surface area (Å²) in [5.41, 5.74) is 4.15. The third-order valence-corrected chi connectivity index (χ3v) is 4.27. The van der Waals surface area contributed by atoms with E-state index in [1.54, 1.807) is 0 Å². The summed E-state index contributed by atoms with van der Waals surface area (Å²) in [4.78, 5) is 14.3. The highest BCUT2D eigenvalue weighted by atomic mass is 35.5. The molecule has 5 heteroatoms.